The lowest BCUT2D eigenvalue weighted by Crippen LogP contribution is -2.47. The van der Waals surface area contributed by atoms with E-state index < -0.39 is 0 Å². The molecule has 30 heavy (non-hydrogen) atoms. The van der Waals surface area contributed by atoms with Gasteiger partial charge in [-0.25, -0.2) is 9.37 Å². The molecule has 160 valence electrons. The van der Waals surface area contributed by atoms with Gasteiger partial charge in [-0.05, 0) is 38.1 Å². The molecule has 3 aromatic rings. The Morgan fingerprint density at radius 3 is 2.60 bits per heavy atom. The third-order valence-corrected chi connectivity index (χ3v) is 6.48. The summed E-state index contributed by atoms with van der Waals surface area (Å²) in [5.74, 6) is 0.743. The first-order valence-electron chi connectivity index (χ1n) is 10.5. The fourth-order valence-electron chi connectivity index (χ4n) is 3.81. The number of rotatable bonds is 7. The lowest BCUT2D eigenvalue weighted by atomic mass is 10.1. The quantitative estimate of drug-likeness (QED) is 0.616. The number of halogens is 1. The molecule has 1 saturated heterocycles. The third kappa shape index (κ3) is 5.16. The molecule has 2 heterocycles. The number of para-hydroxylation sites is 1. The van der Waals surface area contributed by atoms with Crippen molar-refractivity contribution in [1.29, 1.82) is 0 Å². The van der Waals surface area contributed by atoms with Gasteiger partial charge in [-0.3, -0.25) is 9.80 Å². The lowest BCUT2D eigenvalue weighted by Gasteiger charge is -2.35. The van der Waals surface area contributed by atoms with Gasteiger partial charge in [-0.1, -0.05) is 18.2 Å². The maximum Gasteiger partial charge on any atom is 0.124 e. The highest BCUT2D eigenvalue weighted by Crippen LogP contribution is 2.27. The van der Waals surface area contributed by atoms with Crippen LogP contribution in [0.15, 0.2) is 42.5 Å². The highest BCUT2D eigenvalue weighted by atomic mass is 32.1. The highest BCUT2D eigenvalue weighted by Gasteiger charge is 2.22. The highest BCUT2D eigenvalue weighted by molar-refractivity contribution is 7.18. The van der Waals surface area contributed by atoms with Gasteiger partial charge in [-0.15, -0.1) is 11.3 Å². The predicted octanol–water partition coefficient (Wildman–Crippen LogP) is 4.04. The molecule has 1 aromatic heterocycles. The summed E-state index contributed by atoms with van der Waals surface area (Å²) in [7, 11) is 0. The molecule has 4 rings (SSSR count). The van der Waals surface area contributed by atoms with Crippen LogP contribution in [0, 0.1) is 5.82 Å². The smallest absolute Gasteiger partial charge is 0.124 e. The molecule has 0 aliphatic carbocycles. The Kier molecular flexibility index (Phi) is 6.63. The summed E-state index contributed by atoms with van der Waals surface area (Å²) >= 11 is 1.49. The van der Waals surface area contributed by atoms with Gasteiger partial charge in [0.25, 0.3) is 0 Å². The zero-order valence-electron chi connectivity index (χ0n) is 17.6. The monoisotopic (exact) mass is 428 g/mol. The van der Waals surface area contributed by atoms with Gasteiger partial charge >= 0.3 is 0 Å². The number of nitrogens with two attached hydrogens (primary N) is 1. The average Bonchev–Trinajstić information content (AvgIpc) is 3.14. The van der Waals surface area contributed by atoms with Crippen LogP contribution in [-0.2, 0) is 6.54 Å². The molecule has 1 unspecified atom stereocenters. The van der Waals surface area contributed by atoms with Crippen molar-refractivity contribution < 1.29 is 9.13 Å². The Balaban J connectivity index is 1.31. The van der Waals surface area contributed by atoms with Crippen molar-refractivity contribution in [3.63, 3.8) is 0 Å². The van der Waals surface area contributed by atoms with Gasteiger partial charge < -0.3 is 10.5 Å². The Morgan fingerprint density at radius 2 is 1.83 bits per heavy atom. The summed E-state index contributed by atoms with van der Waals surface area (Å²) in [6.07, 6.45) is 0.170. The van der Waals surface area contributed by atoms with E-state index in [0.717, 1.165) is 60.2 Å². The SMILES string of the molecule is CC(C)Oc1ccccc1CN1CCN(CC(N)c2nc3ccc(F)cc3s2)CC1. The minimum absolute atomic E-state index is 0.155. The van der Waals surface area contributed by atoms with E-state index in [1.54, 1.807) is 6.07 Å². The van der Waals surface area contributed by atoms with E-state index in [4.69, 9.17) is 10.5 Å². The molecule has 1 atom stereocenters. The van der Waals surface area contributed by atoms with Crippen LogP contribution >= 0.6 is 11.3 Å². The molecule has 0 amide bonds. The van der Waals surface area contributed by atoms with Crippen LogP contribution in [0.4, 0.5) is 4.39 Å². The number of hydrogen-bond acceptors (Lipinski definition) is 6. The molecule has 1 fully saturated rings. The zero-order chi connectivity index (χ0) is 21.1. The van der Waals surface area contributed by atoms with E-state index in [1.165, 1.54) is 29.0 Å². The number of thiazole rings is 1. The molecule has 2 N–H and O–H groups in total. The van der Waals surface area contributed by atoms with Crippen molar-refractivity contribution in [3.8, 4) is 5.75 Å². The lowest BCUT2D eigenvalue weighted by molar-refractivity contribution is 0.120. The molecular formula is C23H29FN4OS. The van der Waals surface area contributed by atoms with Gasteiger partial charge in [-0.2, -0.15) is 0 Å². The Morgan fingerprint density at radius 1 is 1.10 bits per heavy atom. The topological polar surface area (TPSA) is 54.6 Å². The summed E-state index contributed by atoms with van der Waals surface area (Å²) in [6, 6.07) is 12.8. The predicted molar refractivity (Wildman–Crippen MR) is 120 cm³/mol. The van der Waals surface area contributed by atoms with Gasteiger partial charge in [0.05, 0.1) is 22.4 Å². The molecule has 2 aromatic carbocycles. The molecule has 7 heteroatoms. The Labute approximate surface area is 181 Å². The van der Waals surface area contributed by atoms with Crippen molar-refractivity contribution in [2.45, 2.75) is 32.5 Å². The average molecular weight is 429 g/mol. The largest absolute Gasteiger partial charge is 0.491 e. The number of fused-ring (bicyclic) bond motifs is 1. The second-order valence-corrected chi connectivity index (χ2v) is 9.18. The van der Waals surface area contributed by atoms with Crippen LogP contribution in [-0.4, -0.2) is 53.6 Å². The second-order valence-electron chi connectivity index (χ2n) is 8.12. The zero-order valence-corrected chi connectivity index (χ0v) is 18.4. The van der Waals surface area contributed by atoms with Crippen LogP contribution in [0.5, 0.6) is 5.75 Å². The van der Waals surface area contributed by atoms with Crippen molar-refractivity contribution in [3.05, 3.63) is 58.9 Å². The minimum Gasteiger partial charge on any atom is -0.491 e. The Bertz CT molecular complexity index is 984. The number of hydrogen-bond donors (Lipinski definition) is 1. The standard InChI is InChI=1S/C23H29FN4OS/c1-16(2)29-21-6-4-3-5-17(21)14-27-9-11-28(12-10-27)15-19(25)23-26-20-8-7-18(24)13-22(20)30-23/h3-8,13,16,19H,9-12,14-15,25H2,1-2H3. The summed E-state index contributed by atoms with van der Waals surface area (Å²) in [5.41, 5.74) is 8.49. The van der Waals surface area contributed by atoms with Crippen LogP contribution in [0.3, 0.4) is 0 Å². The van der Waals surface area contributed by atoms with Crippen LogP contribution < -0.4 is 10.5 Å². The molecule has 0 saturated carbocycles. The maximum atomic E-state index is 13.4. The number of ether oxygens (including phenoxy) is 1. The van der Waals surface area contributed by atoms with Crippen molar-refractivity contribution in [1.82, 2.24) is 14.8 Å². The van der Waals surface area contributed by atoms with Gasteiger partial charge in [0.15, 0.2) is 0 Å². The Hall–Kier alpha value is -2.06. The van der Waals surface area contributed by atoms with Crippen LogP contribution in [0.25, 0.3) is 10.2 Å². The van der Waals surface area contributed by atoms with E-state index in [1.807, 2.05) is 6.07 Å². The van der Waals surface area contributed by atoms with Crippen molar-refractivity contribution >= 4 is 21.6 Å². The molecule has 0 spiro atoms. The molecule has 0 radical (unpaired) electrons. The van der Waals surface area contributed by atoms with E-state index in [2.05, 4.69) is 46.8 Å². The van der Waals surface area contributed by atoms with E-state index >= 15 is 0 Å². The van der Waals surface area contributed by atoms with E-state index in [-0.39, 0.29) is 18.0 Å². The molecule has 1 aliphatic heterocycles. The summed E-state index contributed by atoms with van der Waals surface area (Å²) in [6.45, 7) is 9.71. The molecule has 5 nitrogen and oxygen atoms in total. The van der Waals surface area contributed by atoms with Gasteiger partial charge in [0, 0.05) is 44.8 Å². The number of piperazine rings is 1. The minimum atomic E-state index is -0.234. The third-order valence-electron chi connectivity index (χ3n) is 5.33. The van der Waals surface area contributed by atoms with Crippen LogP contribution in [0.2, 0.25) is 0 Å². The first-order valence-corrected chi connectivity index (χ1v) is 11.3. The fourth-order valence-corrected chi connectivity index (χ4v) is 4.79. The summed E-state index contributed by atoms with van der Waals surface area (Å²) in [4.78, 5) is 9.46. The molecule has 1 aliphatic rings. The van der Waals surface area contributed by atoms with Gasteiger partial charge in [0.2, 0.25) is 0 Å². The van der Waals surface area contributed by atoms with Gasteiger partial charge in [0.1, 0.15) is 16.6 Å². The second kappa shape index (κ2) is 9.39. The number of benzene rings is 2. The maximum absolute atomic E-state index is 13.4. The fraction of sp³-hybridized carbons (Fsp3) is 0.435. The summed E-state index contributed by atoms with van der Waals surface area (Å²) < 4.78 is 20.2. The molecular weight excluding hydrogens is 399 g/mol. The first-order chi connectivity index (χ1) is 14.5. The van der Waals surface area contributed by atoms with Crippen molar-refractivity contribution in [2.24, 2.45) is 5.73 Å². The van der Waals surface area contributed by atoms with E-state index in [0.29, 0.717) is 0 Å². The number of aromatic nitrogens is 1. The normalized spacial score (nSPS) is 17.0. The van der Waals surface area contributed by atoms with Crippen LogP contribution in [0.1, 0.15) is 30.5 Å². The summed E-state index contributed by atoms with van der Waals surface area (Å²) in [5, 5.41) is 0.873. The first kappa shape index (κ1) is 21.2. The number of nitrogens with zero attached hydrogens (tertiary/aromatic N) is 3. The molecule has 0 bridgehead atoms. The van der Waals surface area contributed by atoms with Crippen molar-refractivity contribution in [2.75, 3.05) is 32.7 Å². The van der Waals surface area contributed by atoms with E-state index in [9.17, 15) is 4.39 Å².